The predicted octanol–water partition coefficient (Wildman–Crippen LogP) is 1.32. The number of nitrogens with one attached hydrogen (secondary N) is 1. The highest BCUT2D eigenvalue weighted by atomic mass is 16.5. The molecule has 16 heavy (non-hydrogen) atoms. The van der Waals surface area contributed by atoms with Gasteiger partial charge in [0.15, 0.2) is 0 Å². The Bertz CT molecular complexity index is 195. The maximum Gasteiger partial charge on any atom is 0.220 e. The Labute approximate surface area is 98.4 Å². The lowest BCUT2D eigenvalue weighted by atomic mass is 10.0. The fraction of sp³-hybridized carbons (Fsp3) is 0.917. The SMILES string of the molecule is COC(C)CCC(=O)NC(CO)CC(C)C. The minimum Gasteiger partial charge on any atom is -0.394 e. The molecule has 0 fully saturated rings. The lowest BCUT2D eigenvalue weighted by Crippen LogP contribution is -2.38. The molecule has 0 rings (SSSR count). The van der Waals surface area contributed by atoms with Crippen molar-refractivity contribution in [1.82, 2.24) is 5.32 Å². The van der Waals surface area contributed by atoms with Gasteiger partial charge < -0.3 is 15.2 Å². The Morgan fingerprint density at radius 1 is 1.38 bits per heavy atom. The van der Waals surface area contributed by atoms with Crippen LogP contribution in [0.5, 0.6) is 0 Å². The van der Waals surface area contributed by atoms with Crippen LogP contribution >= 0.6 is 0 Å². The topological polar surface area (TPSA) is 58.6 Å². The molecule has 0 saturated heterocycles. The quantitative estimate of drug-likeness (QED) is 0.662. The summed E-state index contributed by atoms with van der Waals surface area (Å²) in [6.07, 6.45) is 2.07. The maximum absolute atomic E-state index is 11.5. The van der Waals surface area contributed by atoms with Crippen molar-refractivity contribution < 1.29 is 14.6 Å². The summed E-state index contributed by atoms with van der Waals surface area (Å²) >= 11 is 0. The number of methoxy groups -OCH3 is 1. The van der Waals surface area contributed by atoms with E-state index < -0.39 is 0 Å². The Morgan fingerprint density at radius 2 is 2.00 bits per heavy atom. The van der Waals surface area contributed by atoms with Crippen molar-refractivity contribution in [3.63, 3.8) is 0 Å². The molecule has 0 radical (unpaired) electrons. The molecule has 2 atom stereocenters. The lowest BCUT2D eigenvalue weighted by Gasteiger charge is -2.18. The number of hydrogen-bond donors (Lipinski definition) is 2. The van der Waals surface area contributed by atoms with Gasteiger partial charge in [-0.05, 0) is 25.7 Å². The zero-order chi connectivity index (χ0) is 12.6. The predicted molar refractivity (Wildman–Crippen MR) is 64.2 cm³/mol. The average molecular weight is 231 g/mol. The first-order chi connectivity index (χ1) is 7.49. The Balaban J connectivity index is 3.82. The van der Waals surface area contributed by atoms with Gasteiger partial charge in [-0.15, -0.1) is 0 Å². The molecule has 4 heteroatoms. The number of carbonyl (C=O) groups excluding carboxylic acids is 1. The van der Waals surface area contributed by atoms with Crippen molar-refractivity contribution in [3.8, 4) is 0 Å². The number of ether oxygens (including phenoxy) is 1. The summed E-state index contributed by atoms with van der Waals surface area (Å²) in [5.74, 6) is 0.457. The lowest BCUT2D eigenvalue weighted by molar-refractivity contribution is -0.122. The van der Waals surface area contributed by atoms with Gasteiger partial charge >= 0.3 is 0 Å². The first-order valence-electron chi connectivity index (χ1n) is 5.92. The van der Waals surface area contributed by atoms with Gasteiger partial charge in [-0.2, -0.15) is 0 Å². The van der Waals surface area contributed by atoms with Crippen LogP contribution in [-0.4, -0.2) is 36.9 Å². The molecule has 4 nitrogen and oxygen atoms in total. The highest BCUT2D eigenvalue weighted by molar-refractivity contribution is 5.76. The highest BCUT2D eigenvalue weighted by Gasteiger charge is 2.13. The van der Waals surface area contributed by atoms with Gasteiger partial charge in [0.25, 0.3) is 0 Å². The fourth-order valence-electron chi connectivity index (χ4n) is 1.50. The molecule has 0 aromatic rings. The Morgan fingerprint density at radius 3 is 2.44 bits per heavy atom. The van der Waals surface area contributed by atoms with E-state index >= 15 is 0 Å². The van der Waals surface area contributed by atoms with Crippen molar-refractivity contribution in [2.45, 2.75) is 52.2 Å². The zero-order valence-electron chi connectivity index (χ0n) is 10.8. The normalized spacial score (nSPS) is 14.9. The van der Waals surface area contributed by atoms with Crippen LogP contribution in [0.25, 0.3) is 0 Å². The van der Waals surface area contributed by atoms with Crippen molar-refractivity contribution in [2.75, 3.05) is 13.7 Å². The van der Waals surface area contributed by atoms with E-state index in [0.717, 1.165) is 6.42 Å². The second-order valence-electron chi connectivity index (χ2n) is 4.66. The molecule has 0 aliphatic heterocycles. The minimum atomic E-state index is -0.120. The third kappa shape index (κ3) is 7.65. The molecule has 0 aromatic heterocycles. The van der Waals surface area contributed by atoms with E-state index in [4.69, 9.17) is 9.84 Å². The summed E-state index contributed by atoms with van der Waals surface area (Å²) in [7, 11) is 1.64. The van der Waals surface area contributed by atoms with E-state index in [1.165, 1.54) is 0 Å². The summed E-state index contributed by atoms with van der Waals surface area (Å²) in [6, 6.07) is -0.120. The molecule has 0 spiro atoms. The first-order valence-corrected chi connectivity index (χ1v) is 5.92. The molecule has 0 bridgehead atoms. The van der Waals surface area contributed by atoms with Gasteiger partial charge in [-0.1, -0.05) is 13.8 Å². The number of rotatable bonds is 8. The van der Waals surface area contributed by atoms with Crippen LogP contribution in [0.3, 0.4) is 0 Å². The molecular weight excluding hydrogens is 206 g/mol. The Hall–Kier alpha value is -0.610. The summed E-state index contributed by atoms with van der Waals surface area (Å²) in [5, 5.41) is 11.9. The smallest absolute Gasteiger partial charge is 0.220 e. The molecule has 0 aliphatic carbocycles. The zero-order valence-corrected chi connectivity index (χ0v) is 10.8. The van der Waals surface area contributed by atoms with Crippen LogP contribution in [0.4, 0.5) is 0 Å². The largest absolute Gasteiger partial charge is 0.394 e. The van der Waals surface area contributed by atoms with Crippen LogP contribution in [0.1, 0.15) is 40.0 Å². The monoisotopic (exact) mass is 231 g/mol. The molecule has 0 saturated carbocycles. The second-order valence-corrected chi connectivity index (χ2v) is 4.66. The van der Waals surface area contributed by atoms with Crippen LogP contribution in [0.2, 0.25) is 0 Å². The average Bonchev–Trinajstić information content (AvgIpc) is 2.24. The van der Waals surface area contributed by atoms with E-state index in [1.54, 1.807) is 7.11 Å². The van der Waals surface area contributed by atoms with Gasteiger partial charge in [0, 0.05) is 13.5 Å². The fourth-order valence-corrected chi connectivity index (χ4v) is 1.50. The summed E-state index contributed by atoms with van der Waals surface area (Å²) in [5.41, 5.74) is 0. The van der Waals surface area contributed by atoms with Gasteiger partial charge in [0.1, 0.15) is 0 Å². The maximum atomic E-state index is 11.5. The van der Waals surface area contributed by atoms with Gasteiger partial charge in [0.2, 0.25) is 5.91 Å². The van der Waals surface area contributed by atoms with Crippen LogP contribution in [-0.2, 0) is 9.53 Å². The van der Waals surface area contributed by atoms with E-state index in [2.05, 4.69) is 19.2 Å². The van der Waals surface area contributed by atoms with Gasteiger partial charge in [0.05, 0.1) is 18.8 Å². The molecule has 0 aromatic carbocycles. The number of aliphatic hydroxyl groups is 1. The van der Waals surface area contributed by atoms with Crippen molar-refractivity contribution >= 4 is 5.91 Å². The number of carbonyl (C=O) groups is 1. The first kappa shape index (κ1) is 15.4. The van der Waals surface area contributed by atoms with Gasteiger partial charge in [-0.3, -0.25) is 4.79 Å². The van der Waals surface area contributed by atoms with Crippen LogP contribution in [0.15, 0.2) is 0 Å². The van der Waals surface area contributed by atoms with Crippen molar-refractivity contribution in [2.24, 2.45) is 5.92 Å². The van der Waals surface area contributed by atoms with E-state index in [1.807, 2.05) is 6.92 Å². The molecule has 1 amide bonds. The number of amides is 1. The number of aliphatic hydroxyl groups excluding tert-OH is 1. The molecule has 0 heterocycles. The summed E-state index contributed by atoms with van der Waals surface area (Å²) in [6.45, 7) is 6.08. The second kappa shape index (κ2) is 8.53. The van der Waals surface area contributed by atoms with E-state index in [9.17, 15) is 4.79 Å². The third-order valence-electron chi connectivity index (χ3n) is 2.52. The molecule has 2 N–H and O–H groups in total. The molecule has 96 valence electrons. The van der Waals surface area contributed by atoms with Crippen LogP contribution < -0.4 is 5.32 Å². The van der Waals surface area contributed by atoms with Crippen molar-refractivity contribution in [3.05, 3.63) is 0 Å². The Kier molecular flexibility index (Phi) is 8.21. The van der Waals surface area contributed by atoms with E-state index in [-0.39, 0.29) is 24.7 Å². The number of hydrogen-bond acceptors (Lipinski definition) is 3. The summed E-state index contributed by atoms with van der Waals surface area (Å²) in [4.78, 5) is 11.5. The van der Waals surface area contributed by atoms with Crippen LogP contribution in [0, 0.1) is 5.92 Å². The van der Waals surface area contributed by atoms with E-state index in [0.29, 0.717) is 18.8 Å². The molecule has 0 aliphatic rings. The third-order valence-corrected chi connectivity index (χ3v) is 2.52. The minimum absolute atomic E-state index is 0.00372. The van der Waals surface area contributed by atoms with Gasteiger partial charge in [-0.25, -0.2) is 0 Å². The highest BCUT2D eigenvalue weighted by Crippen LogP contribution is 2.05. The summed E-state index contributed by atoms with van der Waals surface area (Å²) < 4.78 is 5.07. The molecule has 2 unspecified atom stereocenters. The standard InChI is InChI=1S/C12H25NO3/c1-9(2)7-11(8-14)13-12(15)6-5-10(3)16-4/h9-11,14H,5-8H2,1-4H3,(H,13,15). The molecular formula is C12H25NO3. The van der Waals surface area contributed by atoms with Crippen molar-refractivity contribution in [1.29, 1.82) is 0 Å².